The van der Waals surface area contributed by atoms with Crippen molar-refractivity contribution >= 4 is 38.7 Å². The molecule has 1 saturated carbocycles. The van der Waals surface area contributed by atoms with Crippen molar-refractivity contribution in [3.63, 3.8) is 0 Å². The van der Waals surface area contributed by atoms with Crippen molar-refractivity contribution in [2.75, 3.05) is 59.4 Å². The van der Waals surface area contributed by atoms with Crippen LogP contribution < -0.4 is 4.90 Å². The van der Waals surface area contributed by atoms with Crippen molar-refractivity contribution in [3.8, 4) is 11.3 Å². The Hall–Kier alpha value is -3.48. The molecule has 0 spiro atoms. The minimum absolute atomic E-state index is 0.0862. The Kier molecular flexibility index (Phi) is 9.29. The summed E-state index contributed by atoms with van der Waals surface area (Å²) in [5, 5.41) is 0.796. The largest absolute Gasteiger partial charge is 0.443 e. The highest BCUT2D eigenvalue weighted by Crippen LogP contribution is 2.38. The molecule has 0 saturated heterocycles. The van der Waals surface area contributed by atoms with Gasteiger partial charge < -0.3 is 19.3 Å². The maximum atomic E-state index is 13.7. The lowest BCUT2D eigenvalue weighted by Gasteiger charge is -2.25. The maximum absolute atomic E-state index is 13.7. The van der Waals surface area contributed by atoms with E-state index in [0.29, 0.717) is 41.7 Å². The number of likely N-dealkylation sites (N-methyl/N-ethyl adjacent to an activating group) is 2. The Labute approximate surface area is 248 Å². The molecule has 228 valence electrons. The van der Waals surface area contributed by atoms with Crippen molar-refractivity contribution < 1.29 is 27.5 Å². The van der Waals surface area contributed by atoms with Crippen LogP contribution in [0.2, 0.25) is 0 Å². The Morgan fingerprint density at radius 1 is 1.10 bits per heavy atom. The summed E-state index contributed by atoms with van der Waals surface area (Å²) in [4.78, 5) is 34.2. The number of carbonyl (C=O) groups is 2. The SMILES string of the molecule is COCCN(C)C(=O)CN(C)S(=O)(=O)c1cnc(N(C)CC2CC2)c(-c2cc3ccccc3n2C(=O)OC(C)(C)C)c1. The van der Waals surface area contributed by atoms with Crippen molar-refractivity contribution in [3.05, 3.63) is 42.6 Å². The van der Waals surface area contributed by atoms with E-state index in [4.69, 9.17) is 9.47 Å². The number of fused-ring (bicyclic) bond motifs is 1. The third-order valence-electron chi connectivity index (χ3n) is 7.12. The van der Waals surface area contributed by atoms with E-state index in [0.717, 1.165) is 29.1 Å². The minimum Gasteiger partial charge on any atom is -0.443 e. The number of methoxy groups -OCH3 is 1. The summed E-state index contributed by atoms with van der Waals surface area (Å²) in [6, 6.07) is 10.8. The fraction of sp³-hybridized carbons (Fsp3) is 0.500. The molecule has 1 fully saturated rings. The van der Waals surface area contributed by atoms with Gasteiger partial charge in [-0.3, -0.25) is 4.79 Å². The zero-order chi connectivity index (χ0) is 30.8. The molecule has 2 aromatic heterocycles. The smallest absolute Gasteiger partial charge is 0.419 e. The van der Waals surface area contributed by atoms with Crippen LogP contribution in [0.4, 0.5) is 10.6 Å². The van der Waals surface area contributed by atoms with Crippen LogP contribution in [0.1, 0.15) is 33.6 Å². The fourth-order valence-electron chi connectivity index (χ4n) is 4.63. The average molecular weight is 600 g/mol. The molecule has 3 aromatic rings. The molecule has 0 radical (unpaired) electrons. The van der Waals surface area contributed by atoms with Crippen LogP contribution in [0.5, 0.6) is 0 Å². The van der Waals surface area contributed by atoms with Crippen LogP contribution in [-0.2, 0) is 24.3 Å². The highest BCUT2D eigenvalue weighted by molar-refractivity contribution is 7.89. The van der Waals surface area contributed by atoms with Gasteiger partial charge in [0.1, 0.15) is 16.3 Å². The number of sulfonamides is 1. The van der Waals surface area contributed by atoms with Crippen LogP contribution in [0.15, 0.2) is 47.5 Å². The van der Waals surface area contributed by atoms with Gasteiger partial charge in [-0.1, -0.05) is 18.2 Å². The number of para-hydroxylation sites is 1. The molecule has 0 unspecified atom stereocenters. The maximum Gasteiger partial charge on any atom is 0.419 e. The molecule has 1 aromatic carbocycles. The molecule has 0 atom stereocenters. The second-order valence-electron chi connectivity index (χ2n) is 11.8. The third kappa shape index (κ3) is 7.11. The fourth-order valence-corrected chi connectivity index (χ4v) is 5.73. The van der Waals surface area contributed by atoms with E-state index in [1.54, 1.807) is 27.8 Å². The zero-order valence-electron chi connectivity index (χ0n) is 25.5. The van der Waals surface area contributed by atoms with Crippen molar-refractivity contribution in [1.82, 2.24) is 18.8 Å². The number of hydrogen-bond donors (Lipinski definition) is 0. The molecule has 42 heavy (non-hydrogen) atoms. The molecular formula is C30H41N5O6S. The third-order valence-corrected chi connectivity index (χ3v) is 8.89. The topological polar surface area (TPSA) is 114 Å². The number of aromatic nitrogens is 2. The Balaban J connectivity index is 1.82. The van der Waals surface area contributed by atoms with E-state index < -0.39 is 21.7 Å². The summed E-state index contributed by atoms with van der Waals surface area (Å²) in [6.07, 6.45) is 2.99. The molecule has 1 aliphatic carbocycles. The van der Waals surface area contributed by atoms with Gasteiger partial charge in [0.25, 0.3) is 0 Å². The molecule has 11 nitrogen and oxygen atoms in total. The van der Waals surface area contributed by atoms with E-state index in [9.17, 15) is 18.0 Å². The van der Waals surface area contributed by atoms with E-state index in [2.05, 4.69) is 4.98 Å². The zero-order valence-corrected chi connectivity index (χ0v) is 26.3. The summed E-state index contributed by atoms with van der Waals surface area (Å²) in [5.74, 6) is 0.723. The lowest BCUT2D eigenvalue weighted by Crippen LogP contribution is -2.40. The highest BCUT2D eigenvalue weighted by atomic mass is 32.2. The number of anilines is 1. The average Bonchev–Trinajstić information content (AvgIpc) is 3.65. The predicted octanol–water partition coefficient (Wildman–Crippen LogP) is 4.06. The quantitative estimate of drug-likeness (QED) is 0.324. The summed E-state index contributed by atoms with van der Waals surface area (Å²) in [6.45, 7) is 6.47. The van der Waals surface area contributed by atoms with Crippen molar-refractivity contribution in [2.45, 2.75) is 44.1 Å². The molecule has 2 heterocycles. The number of carbonyl (C=O) groups excluding carboxylic acids is 2. The number of pyridine rings is 1. The summed E-state index contributed by atoms with van der Waals surface area (Å²) in [7, 11) is 2.30. The van der Waals surface area contributed by atoms with Crippen molar-refractivity contribution in [2.24, 2.45) is 5.92 Å². The van der Waals surface area contributed by atoms with E-state index in [1.807, 2.05) is 42.3 Å². The molecule has 4 rings (SSSR count). The molecule has 0 N–H and O–H groups in total. The molecule has 0 bridgehead atoms. The Morgan fingerprint density at radius 2 is 1.79 bits per heavy atom. The van der Waals surface area contributed by atoms with Crippen LogP contribution in [0.25, 0.3) is 22.2 Å². The van der Waals surface area contributed by atoms with Gasteiger partial charge in [0.05, 0.1) is 24.4 Å². The molecule has 12 heteroatoms. The van der Waals surface area contributed by atoms with Gasteiger partial charge >= 0.3 is 6.09 Å². The first-order valence-electron chi connectivity index (χ1n) is 14.0. The molecule has 0 aliphatic heterocycles. The van der Waals surface area contributed by atoms with Gasteiger partial charge in [-0.15, -0.1) is 0 Å². The van der Waals surface area contributed by atoms with Gasteiger partial charge in [0.15, 0.2) is 0 Å². The number of benzene rings is 1. The monoisotopic (exact) mass is 599 g/mol. The summed E-state index contributed by atoms with van der Waals surface area (Å²) < 4.78 is 40.7. The highest BCUT2D eigenvalue weighted by Gasteiger charge is 2.31. The normalized spacial score (nSPS) is 13.9. The summed E-state index contributed by atoms with van der Waals surface area (Å²) in [5.41, 5.74) is 0.817. The van der Waals surface area contributed by atoms with Gasteiger partial charge in [-0.2, -0.15) is 4.31 Å². The van der Waals surface area contributed by atoms with Gasteiger partial charge in [0.2, 0.25) is 15.9 Å². The first-order chi connectivity index (χ1) is 19.7. The predicted molar refractivity (Wildman–Crippen MR) is 162 cm³/mol. The standard InChI is InChI=1S/C30H41N5O6S/c1-30(2,3)41-29(37)35-25-11-9-8-10-22(25)16-26(35)24-17-23(18-31-28(24)33(5)19-21-12-13-21)42(38,39)34(6)20-27(36)32(4)14-15-40-7/h8-11,16-18,21H,12-15,19-20H2,1-7H3. The first kappa shape index (κ1) is 31.5. The summed E-state index contributed by atoms with van der Waals surface area (Å²) >= 11 is 0. The molecule has 1 amide bonds. The lowest BCUT2D eigenvalue weighted by molar-refractivity contribution is -0.130. The van der Waals surface area contributed by atoms with E-state index in [-0.39, 0.29) is 17.3 Å². The van der Waals surface area contributed by atoms with Crippen LogP contribution in [0, 0.1) is 5.92 Å². The van der Waals surface area contributed by atoms with Crippen LogP contribution in [-0.4, -0.2) is 99.3 Å². The molecule has 1 aliphatic rings. The number of hydrogen-bond acceptors (Lipinski definition) is 8. The van der Waals surface area contributed by atoms with Crippen molar-refractivity contribution in [1.29, 1.82) is 0 Å². The number of nitrogens with zero attached hydrogens (tertiary/aromatic N) is 5. The lowest BCUT2D eigenvalue weighted by atomic mass is 10.1. The Morgan fingerprint density at radius 3 is 2.43 bits per heavy atom. The van der Waals surface area contributed by atoms with E-state index >= 15 is 0 Å². The second-order valence-corrected chi connectivity index (χ2v) is 13.9. The minimum atomic E-state index is -4.12. The number of rotatable bonds is 11. The Bertz CT molecular complexity index is 1560. The molecular weight excluding hydrogens is 558 g/mol. The van der Waals surface area contributed by atoms with E-state index in [1.165, 1.54) is 35.9 Å². The number of ether oxygens (including phenoxy) is 2. The van der Waals surface area contributed by atoms with Gasteiger partial charge in [0, 0.05) is 58.5 Å². The van der Waals surface area contributed by atoms with Crippen LogP contribution in [0.3, 0.4) is 0 Å². The first-order valence-corrected chi connectivity index (χ1v) is 15.4. The second kappa shape index (κ2) is 12.4. The van der Waals surface area contributed by atoms with Gasteiger partial charge in [-0.05, 0) is 57.7 Å². The van der Waals surface area contributed by atoms with Crippen LogP contribution >= 0.6 is 0 Å². The van der Waals surface area contributed by atoms with Gasteiger partial charge in [-0.25, -0.2) is 22.8 Å². The number of amides is 1.